The van der Waals surface area contributed by atoms with E-state index < -0.39 is 0 Å². The Morgan fingerprint density at radius 1 is 0.543 bits per heavy atom. The first-order valence-corrected chi connectivity index (χ1v) is 11.7. The summed E-state index contributed by atoms with van der Waals surface area (Å²) < 4.78 is 12.6. The fourth-order valence-electron chi connectivity index (χ4n) is 4.30. The molecule has 166 valence electrons. The van der Waals surface area contributed by atoms with Crippen molar-refractivity contribution in [1.82, 2.24) is 0 Å². The summed E-state index contributed by atoms with van der Waals surface area (Å²) in [6.07, 6.45) is 4.32. The lowest BCUT2D eigenvalue weighted by molar-refractivity contribution is 0.509. The minimum absolute atomic E-state index is 0.825. The minimum Gasteiger partial charge on any atom is -0.456 e. The summed E-state index contributed by atoms with van der Waals surface area (Å²) in [7, 11) is 0. The monoisotopic (exact) mass is 451 g/mol. The Kier molecular flexibility index (Phi) is 5.54. The van der Waals surface area contributed by atoms with E-state index in [0.717, 1.165) is 56.4 Å². The molecule has 0 atom stereocenters. The molecule has 5 aromatic rings. The van der Waals surface area contributed by atoms with E-state index in [4.69, 9.17) is 9.15 Å². The fourth-order valence-corrected chi connectivity index (χ4v) is 4.30. The summed E-state index contributed by atoms with van der Waals surface area (Å²) in [5.41, 5.74) is 6.34. The number of benzene rings is 4. The quantitative estimate of drug-likeness (QED) is 0.254. The normalized spacial score (nSPS) is 13.6. The van der Waals surface area contributed by atoms with Crippen molar-refractivity contribution in [2.75, 3.05) is 0 Å². The van der Waals surface area contributed by atoms with Gasteiger partial charge < -0.3 is 4.74 Å². The topological polar surface area (TPSA) is 20.5 Å². The second-order valence-electron chi connectivity index (χ2n) is 8.42. The maximum absolute atomic E-state index is 6.37. The highest BCUT2D eigenvalue weighted by Gasteiger charge is 2.21. The summed E-state index contributed by atoms with van der Waals surface area (Å²) in [6.45, 7) is 0. The molecule has 0 radical (unpaired) electrons. The Bertz CT molecular complexity index is 1470. The van der Waals surface area contributed by atoms with Gasteiger partial charge in [0, 0.05) is 11.1 Å². The highest BCUT2D eigenvalue weighted by molar-refractivity contribution is 5.96. The number of hydrogen-bond acceptors (Lipinski definition) is 1. The van der Waals surface area contributed by atoms with Gasteiger partial charge in [0.25, 0.3) is 0 Å². The zero-order valence-electron chi connectivity index (χ0n) is 19.1. The molecule has 0 unspecified atom stereocenters. The Morgan fingerprint density at radius 3 is 1.66 bits per heavy atom. The highest BCUT2D eigenvalue weighted by atomic mass is 16.5. The smallest absolute Gasteiger partial charge is 0.361 e. The molecule has 2 heteroatoms. The van der Waals surface area contributed by atoms with Crippen molar-refractivity contribution in [2.24, 2.45) is 0 Å². The molecule has 6 rings (SSSR count). The van der Waals surface area contributed by atoms with Crippen LogP contribution in [0.3, 0.4) is 0 Å². The van der Waals surface area contributed by atoms with Gasteiger partial charge >= 0.3 is 11.5 Å². The van der Waals surface area contributed by atoms with Crippen LogP contribution >= 0.6 is 0 Å². The van der Waals surface area contributed by atoms with Crippen LogP contribution in [0, 0.1) is 0 Å². The van der Waals surface area contributed by atoms with Gasteiger partial charge in [0.05, 0.1) is 23.3 Å². The van der Waals surface area contributed by atoms with Gasteiger partial charge in [-0.2, -0.15) is 0 Å². The van der Waals surface area contributed by atoms with Crippen LogP contribution in [0.25, 0.3) is 40.1 Å². The third-order valence-electron chi connectivity index (χ3n) is 6.02. The minimum atomic E-state index is 0.825. The van der Waals surface area contributed by atoms with Crippen molar-refractivity contribution in [3.63, 3.8) is 0 Å². The van der Waals surface area contributed by atoms with Crippen molar-refractivity contribution in [3.8, 4) is 28.4 Å². The van der Waals surface area contributed by atoms with Gasteiger partial charge in [-0.25, -0.2) is 4.42 Å². The van der Waals surface area contributed by atoms with Gasteiger partial charge in [0.1, 0.15) is 11.5 Å². The van der Waals surface area contributed by atoms with Crippen LogP contribution in [-0.2, 0) is 0 Å². The molecule has 4 aromatic carbocycles. The standard InChI is InChI=1S/C33H23O2/c1-4-12-25(13-5-1)31-21-24(22-32(35-31)26-14-6-2-7-15-26)20-28-23-33(27-16-8-3-9-17-27)34-30-19-11-10-18-29(28)30/h1-23H/q+1. The molecule has 1 aromatic heterocycles. The number of rotatable bonds is 4. The van der Waals surface area contributed by atoms with E-state index >= 15 is 0 Å². The average Bonchev–Trinajstić information content (AvgIpc) is 2.94. The molecule has 0 saturated carbocycles. The molecule has 2 heterocycles. The summed E-state index contributed by atoms with van der Waals surface area (Å²) in [4.78, 5) is 0. The maximum Gasteiger partial charge on any atom is 0.361 e. The molecule has 0 fully saturated rings. The zero-order chi connectivity index (χ0) is 23.5. The Balaban J connectivity index is 1.53. The molecule has 0 saturated heterocycles. The van der Waals surface area contributed by atoms with E-state index in [1.807, 2.05) is 72.8 Å². The molecule has 1 aliphatic rings. The van der Waals surface area contributed by atoms with Crippen LogP contribution in [0.2, 0.25) is 0 Å². The van der Waals surface area contributed by atoms with E-state index in [1.165, 1.54) is 0 Å². The van der Waals surface area contributed by atoms with Crippen LogP contribution in [-0.4, -0.2) is 0 Å². The van der Waals surface area contributed by atoms with Crippen molar-refractivity contribution < 1.29 is 9.15 Å². The Morgan fingerprint density at radius 2 is 1.06 bits per heavy atom. The molecule has 0 N–H and O–H groups in total. The van der Waals surface area contributed by atoms with Crippen LogP contribution in [0.1, 0.15) is 16.7 Å². The molecule has 0 aliphatic carbocycles. The predicted octanol–water partition coefficient (Wildman–Crippen LogP) is 8.87. The largest absolute Gasteiger partial charge is 0.456 e. The molecular formula is C33H23O2+. The van der Waals surface area contributed by atoms with Gasteiger partial charge in [0.15, 0.2) is 0 Å². The highest BCUT2D eigenvalue weighted by Crippen LogP contribution is 2.38. The maximum atomic E-state index is 6.37. The molecule has 2 nitrogen and oxygen atoms in total. The SMILES string of the molecule is C1=C(c2ccccc2)Oc2ccccc2/C1=C\c1cc(-c2ccccc2)[o+]c(-c2ccccc2)c1. The molecule has 1 aliphatic heterocycles. The van der Waals surface area contributed by atoms with Crippen molar-refractivity contribution >= 4 is 17.4 Å². The van der Waals surface area contributed by atoms with Gasteiger partial charge in [0.2, 0.25) is 0 Å². The van der Waals surface area contributed by atoms with Crippen LogP contribution < -0.4 is 4.74 Å². The second-order valence-corrected chi connectivity index (χ2v) is 8.42. The van der Waals surface area contributed by atoms with Crippen LogP contribution in [0.5, 0.6) is 5.75 Å². The number of allylic oxidation sites excluding steroid dienone is 2. The molecule has 0 spiro atoms. The fraction of sp³-hybridized carbons (Fsp3) is 0. The lowest BCUT2D eigenvalue weighted by Crippen LogP contribution is -2.03. The lowest BCUT2D eigenvalue weighted by Gasteiger charge is -2.20. The van der Waals surface area contributed by atoms with E-state index in [-0.39, 0.29) is 0 Å². The van der Waals surface area contributed by atoms with Crippen LogP contribution in [0.4, 0.5) is 0 Å². The first kappa shape index (κ1) is 20.9. The number of fused-ring (bicyclic) bond motifs is 1. The van der Waals surface area contributed by atoms with Crippen molar-refractivity contribution in [2.45, 2.75) is 0 Å². The zero-order valence-corrected chi connectivity index (χ0v) is 19.1. The van der Waals surface area contributed by atoms with Crippen molar-refractivity contribution in [3.05, 3.63) is 150 Å². The van der Waals surface area contributed by atoms with E-state index in [2.05, 4.69) is 66.7 Å². The first-order valence-electron chi connectivity index (χ1n) is 11.7. The Hall–Kier alpha value is -4.69. The number of ether oxygens (including phenoxy) is 1. The van der Waals surface area contributed by atoms with Gasteiger partial charge in [-0.1, -0.05) is 84.9 Å². The molecular weight excluding hydrogens is 428 g/mol. The summed E-state index contributed by atoms with van der Waals surface area (Å²) >= 11 is 0. The van der Waals surface area contributed by atoms with Crippen molar-refractivity contribution in [1.29, 1.82) is 0 Å². The number of para-hydroxylation sites is 1. The van der Waals surface area contributed by atoms with Gasteiger partial charge in [-0.3, -0.25) is 0 Å². The van der Waals surface area contributed by atoms with Crippen LogP contribution in [0.15, 0.2) is 138 Å². The predicted molar refractivity (Wildman–Crippen MR) is 143 cm³/mol. The van der Waals surface area contributed by atoms with Gasteiger partial charge in [-0.15, -0.1) is 0 Å². The van der Waals surface area contributed by atoms with E-state index in [9.17, 15) is 0 Å². The number of hydrogen-bond donors (Lipinski definition) is 0. The van der Waals surface area contributed by atoms with Gasteiger partial charge in [-0.05, 0) is 53.6 Å². The average molecular weight is 452 g/mol. The third-order valence-corrected chi connectivity index (χ3v) is 6.02. The Labute approximate surface area is 205 Å². The summed E-state index contributed by atoms with van der Waals surface area (Å²) in [5.74, 6) is 3.34. The second kappa shape index (κ2) is 9.28. The third kappa shape index (κ3) is 4.42. The molecule has 0 bridgehead atoms. The summed E-state index contributed by atoms with van der Waals surface area (Å²) in [5, 5.41) is 0. The van der Waals surface area contributed by atoms with E-state index in [1.54, 1.807) is 0 Å². The molecule has 0 amide bonds. The first-order chi connectivity index (χ1) is 17.3. The lowest BCUT2D eigenvalue weighted by atomic mass is 9.97. The summed E-state index contributed by atoms with van der Waals surface area (Å²) in [6, 6.07) is 43.0. The van der Waals surface area contributed by atoms with E-state index in [0.29, 0.717) is 0 Å². The molecule has 35 heavy (non-hydrogen) atoms.